The number of carbonyl (C=O) groups is 2. The van der Waals surface area contributed by atoms with Gasteiger partial charge in [0, 0.05) is 5.57 Å². The normalized spacial score (nSPS) is 19.8. The minimum absolute atomic E-state index is 0.0235. The molecule has 96 valence electrons. The van der Waals surface area contributed by atoms with E-state index in [0.29, 0.717) is 5.57 Å². The first-order valence-electron chi connectivity index (χ1n) is 6.16. The van der Waals surface area contributed by atoms with Crippen molar-refractivity contribution in [3.8, 4) is 0 Å². The molecule has 2 N–H and O–H groups in total. The summed E-state index contributed by atoms with van der Waals surface area (Å²) in [5, 5.41) is 11.9. The number of hydrogen-bond donors (Lipinski definition) is 2. The second kappa shape index (κ2) is 5.84. The molecule has 0 heterocycles. The molecule has 0 aromatic carbocycles. The number of allylic oxidation sites excluding steroid dienone is 1. The van der Waals surface area contributed by atoms with Crippen LogP contribution in [-0.4, -0.2) is 22.5 Å². The Balaban J connectivity index is 2.76. The van der Waals surface area contributed by atoms with Crippen molar-refractivity contribution in [1.29, 1.82) is 0 Å². The Morgan fingerprint density at radius 2 is 1.88 bits per heavy atom. The van der Waals surface area contributed by atoms with E-state index >= 15 is 0 Å². The topological polar surface area (TPSA) is 66.4 Å². The molecule has 1 saturated carbocycles. The first kappa shape index (κ1) is 13.7. The standard InChI is InChI=1S/C13H21NO3/c1-3-10(2)12(17)14-13(9-11(15)16)7-5-4-6-8-13/h3H,4-9H2,1-2H3,(H,14,17)(H,15,16). The average Bonchev–Trinajstić information content (AvgIpc) is 2.27. The maximum Gasteiger partial charge on any atom is 0.305 e. The number of nitrogens with one attached hydrogen (secondary N) is 1. The summed E-state index contributed by atoms with van der Waals surface area (Å²) in [7, 11) is 0. The Labute approximate surface area is 102 Å². The fourth-order valence-electron chi connectivity index (χ4n) is 2.33. The average molecular weight is 239 g/mol. The van der Waals surface area contributed by atoms with Crippen molar-refractivity contribution in [2.45, 2.75) is 57.9 Å². The van der Waals surface area contributed by atoms with Crippen molar-refractivity contribution in [2.75, 3.05) is 0 Å². The third kappa shape index (κ3) is 3.88. The van der Waals surface area contributed by atoms with Crippen molar-refractivity contribution < 1.29 is 14.7 Å². The third-order valence-electron chi connectivity index (χ3n) is 3.47. The lowest BCUT2D eigenvalue weighted by Crippen LogP contribution is -2.51. The molecule has 0 aromatic heterocycles. The van der Waals surface area contributed by atoms with Crippen LogP contribution < -0.4 is 5.32 Å². The van der Waals surface area contributed by atoms with E-state index in [1.54, 1.807) is 19.9 Å². The maximum absolute atomic E-state index is 11.9. The Bertz CT molecular complexity index is 328. The molecule has 4 heteroatoms. The molecule has 0 spiro atoms. The summed E-state index contributed by atoms with van der Waals surface area (Å²) < 4.78 is 0. The summed E-state index contributed by atoms with van der Waals surface area (Å²) in [5.41, 5.74) is 0.103. The van der Waals surface area contributed by atoms with Gasteiger partial charge in [-0.15, -0.1) is 0 Å². The number of aliphatic carboxylic acids is 1. The second-order valence-electron chi connectivity index (χ2n) is 4.84. The van der Waals surface area contributed by atoms with E-state index in [4.69, 9.17) is 5.11 Å². The van der Waals surface area contributed by atoms with Gasteiger partial charge in [0.2, 0.25) is 5.91 Å². The molecule has 0 unspecified atom stereocenters. The molecule has 1 amide bonds. The van der Waals surface area contributed by atoms with Gasteiger partial charge in [-0.2, -0.15) is 0 Å². The summed E-state index contributed by atoms with van der Waals surface area (Å²) >= 11 is 0. The van der Waals surface area contributed by atoms with Gasteiger partial charge in [-0.3, -0.25) is 9.59 Å². The molecule has 1 rings (SSSR count). The zero-order chi connectivity index (χ0) is 12.9. The smallest absolute Gasteiger partial charge is 0.305 e. The summed E-state index contributed by atoms with van der Waals surface area (Å²) in [4.78, 5) is 22.8. The quantitative estimate of drug-likeness (QED) is 0.739. The molecule has 0 bridgehead atoms. The van der Waals surface area contributed by atoms with E-state index in [1.165, 1.54) is 0 Å². The molecule has 4 nitrogen and oxygen atoms in total. The van der Waals surface area contributed by atoms with Crippen molar-refractivity contribution >= 4 is 11.9 Å². The molecule has 0 atom stereocenters. The Hall–Kier alpha value is -1.32. The van der Waals surface area contributed by atoms with E-state index < -0.39 is 11.5 Å². The van der Waals surface area contributed by atoms with Crippen LogP contribution in [0.3, 0.4) is 0 Å². The Morgan fingerprint density at radius 1 is 1.29 bits per heavy atom. The molecule has 0 radical (unpaired) electrons. The van der Waals surface area contributed by atoms with Crippen LogP contribution in [-0.2, 0) is 9.59 Å². The van der Waals surface area contributed by atoms with Gasteiger partial charge in [-0.25, -0.2) is 0 Å². The van der Waals surface area contributed by atoms with Gasteiger partial charge in [0.15, 0.2) is 0 Å². The highest BCUT2D eigenvalue weighted by atomic mass is 16.4. The van der Waals surface area contributed by atoms with Crippen LogP contribution in [0.4, 0.5) is 0 Å². The van der Waals surface area contributed by atoms with Crippen molar-refractivity contribution in [1.82, 2.24) is 5.32 Å². The van der Waals surface area contributed by atoms with Crippen LogP contribution >= 0.6 is 0 Å². The zero-order valence-corrected chi connectivity index (χ0v) is 10.6. The lowest BCUT2D eigenvalue weighted by atomic mass is 9.79. The first-order valence-corrected chi connectivity index (χ1v) is 6.16. The summed E-state index contributed by atoms with van der Waals surface area (Å²) in [6.45, 7) is 3.55. The van der Waals surface area contributed by atoms with Gasteiger partial charge in [0.05, 0.1) is 12.0 Å². The number of carboxylic acids is 1. The van der Waals surface area contributed by atoms with Crippen molar-refractivity contribution in [3.63, 3.8) is 0 Å². The summed E-state index contributed by atoms with van der Waals surface area (Å²) in [6.07, 6.45) is 6.40. The van der Waals surface area contributed by atoms with Gasteiger partial charge in [0.1, 0.15) is 0 Å². The molecule has 1 aliphatic carbocycles. The maximum atomic E-state index is 11.9. The number of amides is 1. The van der Waals surface area contributed by atoms with Gasteiger partial charge in [-0.05, 0) is 26.7 Å². The minimum Gasteiger partial charge on any atom is -0.481 e. The van der Waals surface area contributed by atoms with E-state index in [2.05, 4.69) is 5.32 Å². The first-order chi connectivity index (χ1) is 7.99. The molecular formula is C13H21NO3. The fourth-order valence-corrected chi connectivity index (χ4v) is 2.33. The Morgan fingerprint density at radius 3 is 2.35 bits per heavy atom. The highest BCUT2D eigenvalue weighted by molar-refractivity contribution is 5.93. The van der Waals surface area contributed by atoms with Gasteiger partial charge >= 0.3 is 5.97 Å². The lowest BCUT2D eigenvalue weighted by Gasteiger charge is -2.37. The van der Waals surface area contributed by atoms with E-state index in [1.807, 2.05) is 0 Å². The molecule has 1 aliphatic rings. The van der Waals surface area contributed by atoms with Crippen LogP contribution in [0, 0.1) is 0 Å². The van der Waals surface area contributed by atoms with E-state index in [0.717, 1.165) is 32.1 Å². The van der Waals surface area contributed by atoms with Crippen molar-refractivity contribution in [2.24, 2.45) is 0 Å². The molecular weight excluding hydrogens is 218 g/mol. The summed E-state index contributed by atoms with van der Waals surface area (Å²) in [5.74, 6) is -0.985. The number of carboxylic acid groups (broad SMARTS) is 1. The lowest BCUT2D eigenvalue weighted by molar-refractivity contribution is -0.139. The molecule has 0 aliphatic heterocycles. The van der Waals surface area contributed by atoms with Gasteiger partial charge < -0.3 is 10.4 Å². The van der Waals surface area contributed by atoms with E-state index in [9.17, 15) is 9.59 Å². The molecule has 0 aromatic rings. The van der Waals surface area contributed by atoms with Crippen LogP contribution in [0.15, 0.2) is 11.6 Å². The third-order valence-corrected chi connectivity index (χ3v) is 3.47. The van der Waals surface area contributed by atoms with Gasteiger partial charge in [0.25, 0.3) is 0 Å². The van der Waals surface area contributed by atoms with Crippen LogP contribution in [0.25, 0.3) is 0 Å². The highest BCUT2D eigenvalue weighted by Gasteiger charge is 2.35. The molecule has 0 saturated heterocycles. The highest BCUT2D eigenvalue weighted by Crippen LogP contribution is 2.31. The number of hydrogen-bond acceptors (Lipinski definition) is 2. The number of carbonyl (C=O) groups excluding carboxylic acids is 1. The van der Waals surface area contributed by atoms with Crippen LogP contribution in [0.5, 0.6) is 0 Å². The minimum atomic E-state index is -0.842. The SMILES string of the molecule is CC=C(C)C(=O)NC1(CC(=O)O)CCCCC1. The van der Waals surface area contributed by atoms with Crippen LogP contribution in [0.2, 0.25) is 0 Å². The monoisotopic (exact) mass is 239 g/mol. The Kier molecular flexibility index (Phi) is 4.73. The largest absolute Gasteiger partial charge is 0.481 e. The van der Waals surface area contributed by atoms with Crippen LogP contribution in [0.1, 0.15) is 52.4 Å². The van der Waals surface area contributed by atoms with Crippen molar-refractivity contribution in [3.05, 3.63) is 11.6 Å². The second-order valence-corrected chi connectivity index (χ2v) is 4.84. The van der Waals surface area contributed by atoms with E-state index in [-0.39, 0.29) is 12.3 Å². The predicted octanol–water partition coefficient (Wildman–Crippen LogP) is 2.25. The summed E-state index contributed by atoms with van der Waals surface area (Å²) in [6, 6.07) is 0. The molecule has 17 heavy (non-hydrogen) atoms. The zero-order valence-electron chi connectivity index (χ0n) is 10.6. The van der Waals surface area contributed by atoms with Gasteiger partial charge in [-0.1, -0.05) is 25.3 Å². The molecule has 1 fully saturated rings. The predicted molar refractivity (Wildman–Crippen MR) is 65.6 cm³/mol. The number of rotatable bonds is 4. The fraction of sp³-hybridized carbons (Fsp3) is 0.692.